The number of nitrogens with one attached hydrogen (secondary N) is 2. The van der Waals surface area contributed by atoms with Crippen molar-refractivity contribution in [1.29, 1.82) is 0 Å². The zero-order chi connectivity index (χ0) is 19.2. The molecule has 1 aliphatic carbocycles. The topological polar surface area (TPSA) is 95.5 Å². The molecule has 0 aromatic heterocycles. The molecule has 0 spiro atoms. The van der Waals surface area contributed by atoms with Crippen LogP contribution in [0.4, 0.5) is 10.1 Å². The molecule has 0 fully saturated rings. The molecule has 0 unspecified atom stereocenters. The van der Waals surface area contributed by atoms with E-state index in [1.54, 1.807) is 0 Å². The summed E-state index contributed by atoms with van der Waals surface area (Å²) in [7, 11) is 0. The molecule has 3 N–H and O–H groups in total. The Bertz CT molecular complexity index is 947. The van der Waals surface area contributed by atoms with E-state index in [9.17, 15) is 23.9 Å². The van der Waals surface area contributed by atoms with Gasteiger partial charge in [-0.3, -0.25) is 9.59 Å². The number of amides is 2. The van der Waals surface area contributed by atoms with Gasteiger partial charge in [0.05, 0.1) is 5.92 Å². The Morgan fingerprint density at radius 2 is 1.81 bits per heavy atom. The van der Waals surface area contributed by atoms with E-state index in [0.29, 0.717) is 5.56 Å². The number of benzene rings is 2. The number of anilines is 1. The van der Waals surface area contributed by atoms with Crippen LogP contribution in [0.25, 0.3) is 0 Å². The summed E-state index contributed by atoms with van der Waals surface area (Å²) in [4.78, 5) is 36.9. The number of aliphatic carboxylic acids is 1. The first-order valence-electron chi connectivity index (χ1n) is 8.59. The van der Waals surface area contributed by atoms with E-state index in [2.05, 4.69) is 10.6 Å². The van der Waals surface area contributed by atoms with Gasteiger partial charge in [-0.25, -0.2) is 9.18 Å². The van der Waals surface area contributed by atoms with Crippen LogP contribution in [0.1, 0.15) is 29.0 Å². The minimum absolute atomic E-state index is 0.118. The maximum Gasteiger partial charge on any atom is 0.330 e. The fraction of sp³-hybridized carbons (Fsp3) is 0.250. The second-order valence-corrected chi connectivity index (χ2v) is 7.04. The van der Waals surface area contributed by atoms with Gasteiger partial charge in [0.1, 0.15) is 11.4 Å². The lowest BCUT2D eigenvalue weighted by Crippen LogP contribution is -2.57. The Kier molecular flexibility index (Phi) is 3.95. The van der Waals surface area contributed by atoms with Crippen molar-refractivity contribution in [1.82, 2.24) is 5.32 Å². The summed E-state index contributed by atoms with van der Waals surface area (Å²) in [6.07, 6.45) is 0.242. The fourth-order valence-corrected chi connectivity index (χ4v) is 3.90. The first kappa shape index (κ1) is 17.2. The van der Waals surface area contributed by atoms with Crippen molar-refractivity contribution in [3.63, 3.8) is 0 Å². The molecule has 27 heavy (non-hydrogen) atoms. The molecule has 138 valence electrons. The van der Waals surface area contributed by atoms with E-state index in [1.807, 2.05) is 24.3 Å². The highest BCUT2D eigenvalue weighted by atomic mass is 19.1. The summed E-state index contributed by atoms with van der Waals surface area (Å²) >= 11 is 0. The van der Waals surface area contributed by atoms with E-state index in [1.165, 1.54) is 12.1 Å². The number of carbonyl (C=O) groups excluding carboxylic acids is 2. The number of fused-ring (bicyclic) bond motifs is 2. The first-order chi connectivity index (χ1) is 12.9. The van der Waals surface area contributed by atoms with Crippen LogP contribution >= 0.6 is 0 Å². The lowest BCUT2D eigenvalue weighted by Gasteiger charge is -2.30. The van der Waals surface area contributed by atoms with Gasteiger partial charge in [-0.1, -0.05) is 30.3 Å². The van der Waals surface area contributed by atoms with Gasteiger partial charge in [-0.05, 0) is 28.8 Å². The smallest absolute Gasteiger partial charge is 0.330 e. The second-order valence-electron chi connectivity index (χ2n) is 7.04. The minimum atomic E-state index is -1.45. The molecule has 0 radical (unpaired) electrons. The lowest BCUT2D eigenvalue weighted by molar-refractivity contribution is -0.147. The molecule has 7 heteroatoms. The van der Waals surface area contributed by atoms with Crippen LogP contribution in [0.2, 0.25) is 0 Å². The van der Waals surface area contributed by atoms with Crippen LogP contribution < -0.4 is 10.6 Å². The Balaban J connectivity index is 1.64. The fourth-order valence-electron chi connectivity index (χ4n) is 3.90. The van der Waals surface area contributed by atoms with Gasteiger partial charge < -0.3 is 15.7 Å². The summed E-state index contributed by atoms with van der Waals surface area (Å²) in [5.41, 5.74) is 1.03. The Hall–Kier alpha value is -3.22. The number of hydrogen-bond acceptors (Lipinski definition) is 3. The summed E-state index contributed by atoms with van der Waals surface area (Å²) in [6, 6.07) is 11.2. The molecule has 1 heterocycles. The van der Waals surface area contributed by atoms with Crippen LogP contribution in [0.15, 0.2) is 42.5 Å². The van der Waals surface area contributed by atoms with Crippen molar-refractivity contribution in [3.8, 4) is 0 Å². The molecule has 1 atom stereocenters. The van der Waals surface area contributed by atoms with E-state index in [4.69, 9.17) is 0 Å². The van der Waals surface area contributed by atoms with Gasteiger partial charge in [0.2, 0.25) is 11.8 Å². The first-order valence-corrected chi connectivity index (χ1v) is 8.59. The Labute approximate surface area is 154 Å². The van der Waals surface area contributed by atoms with Gasteiger partial charge in [-0.2, -0.15) is 0 Å². The third-order valence-electron chi connectivity index (χ3n) is 5.25. The molecule has 6 nitrogen and oxygen atoms in total. The van der Waals surface area contributed by atoms with Crippen molar-refractivity contribution in [2.75, 3.05) is 5.32 Å². The minimum Gasteiger partial charge on any atom is -0.479 e. The number of carbonyl (C=O) groups is 3. The molecule has 2 aliphatic rings. The van der Waals surface area contributed by atoms with Gasteiger partial charge >= 0.3 is 5.97 Å². The highest BCUT2D eigenvalue weighted by Gasteiger charge is 2.46. The van der Waals surface area contributed by atoms with Crippen LogP contribution in [0, 0.1) is 5.82 Å². The zero-order valence-electron chi connectivity index (χ0n) is 14.3. The summed E-state index contributed by atoms with van der Waals surface area (Å²) in [6.45, 7) is 0. The highest BCUT2D eigenvalue weighted by molar-refractivity contribution is 6.02. The van der Waals surface area contributed by atoms with Crippen molar-refractivity contribution in [2.45, 2.75) is 30.7 Å². The van der Waals surface area contributed by atoms with Crippen LogP contribution in [-0.2, 0) is 27.2 Å². The maximum atomic E-state index is 13.5. The molecule has 0 saturated heterocycles. The molecule has 0 bridgehead atoms. The molecule has 0 saturated carbocycles. The van der Waals surface area contributed by atoms with Crippen LogP contribution in [0.3, 0.4) is 0 Å². The number of hydrogen-bond donors (Lipinski definition) is 3. The van der Waals surface area contributed by atoms with Crippen molar-refractivity contribution < 1.29 is 23.9 Å². The average Bonchev–Trinajstić information content (AvgIpc) is 3.00. The quantitative estimate of drug-likeness (QED) is 0.772. The molecule has 2 aromatic carbocycles. The number of halogens is 1. The Morgan fingerprint density at radius 1 is 1.15 bits per heavy atom. The SMILES string of the molecule is O=C1C[C@H](C(=O)NC2(C(=O)O)Cc3ccccc3C2)c2ccc(F)cc2N1. The van der Waals surface area contributed by atoms with Gasteiger partial charge in [0.25, 0.3) is 0 Å². The monoisotopic (exact) mass is 368 g/mol. The second kappa shape index (κ2) is 6.19. The van der Waals surface area contributed by atoms with Crippen molar-refractivity contribution >= 4 is 23.5 Å². The molecule has 4 rings (SSSR count). The van der Waals surface area contributed by atoms with Crippen LogP contribution in [-0.4, -0.2) is 28.4 Å². The lowest BCUT2D eigenvalue weighted by atomic mass is 9.87. The van der Waals surface area contributed by atoms with Gasteiger partial charge in [0, 0.05) is 24.9 Å². The average molecular weight is 368 g/mol. The van der Waals surface area contributed by atoms with Gasteiger partial charge in [-0.15, -0.1) is 0 Å². The molecule has 2 amide bonds. The zero-order valence-corrected chi connectivity index (χ0v) is 14.3. The number of carboxylic acids is 1. The van der Waals surface area contributed by atoms with E-state index in [0.717, 1.165) is 17.2 Å². The predicted octanol–water partition coefficient (Wildman–Crippen LogP) is 1.99. The summed E-state index contributed by atoms with van der Waals surface area (Å²) in [5.74, 6) is -3.47. The van der Waals surface area contributed by atoms with E-state index < -0.39 is 35.1 Å². The molecule has 2 aromatic rings. The third-order valence-corrected chi connectivity index (χ3v) is 5.25. The van der Waals surface area contributed by atoms with Crippen molar-refractivity contribution in [3.05, 3.63) is 65.0 Å². The molecular weight excluding hydrogens is 351 g/mol. The largest absolute Gasteiger partial charge is 0.479 e. The van der Waals surface area contributed by atoms with Gasteiger partial charge in [0.15, 0.2) is 0 Å². The van der Waals surface area contributed by atoms with E-state index >= 15 is 0 Å². The third kappa shape index (κ3) is 2.95. The number of rotatable bonds is 3. The Morgan fingerprint density at radius 3 is 2.44 bits per heavy atom. The van der Waals surface area contributed by atoms with E-state index in [-0.39, 0.29) is 24.9 Å². The number of carboxylic acid groups (broad SMARTS) is 1. The van der Waals surface area contributed by atoms with Crippen molar-refractivity contribution in [2.24, 2.45) is 0 Å². The summed E-state index contributed by atoms with van der Waals surface area (Å²) < 4.78 is 13.5. The van der Waals surface area contributed by atoms with Crippen LogP contribution in [0.5, 0.6) is 0 Å². The molecular formula is C20H17FN2O4. The highest BCUT2D eigenvalue weighted by Crippen LogP contribution is 2.35. The summed E-state index contributed by atoms with van der Waals surface area (Å²) in [5, 5.41) is 15.0. The maximum absolute atomic E-state index is 13.5. The standard InChI is InChI=1S/C20H17FN2O4/c21-13-5-6-14-15(8-17(24)22-16(14)7-13)18(25)23-20(19(26)27)9-11-3-1-2-4-12(11)10-20/h1-7,15H,8-10H2,(H,22,24)(H,23,25)(H,26,27)/t15-/m0/s1. The normalized spacial score (nSPS) is 19.6. The molecule has 1 aliphatic heterocycles. The predicted molar refractivity (Wildman–Crippen MR) is 94.7 cm³/mol.